The molecular weight excluding hydrogens is 176 g/mol. The molecule has 0 atom stereocenters. The first kappa shape index (κ1) is 13.2. The molecule has 0 unspecified atom stereocenters. The normalized spacial score (nSPS) is 12.2. The van der Waals surface area contributed by atoms with Crippen LogP contribution in [0.5, 0.6) is 0 Å². The molecule has 0 saturated carbocycles. The van der Waals surface area contributed by atoms with Crippen molar-refractivity contribution in [3.8, 4) is 0 Å². The van der Waals surface area contributed by atoms with E-state index in [9.17, 15) is 0 Å². The molecular formula is C11H26OSi. The maximum Gasteiger partial charge on any atom is 0.0598 e. The van der Waals surface area contributed by atoms with Crippen molar-refractivity contribution in [3.63, 3.8) is 0 Å². The van der Waals surface area contributed by atoms with Gasteiger partial charge in [0.2, 0.25) is 0 Å². The Balaban J connectivity index is 3.00. The Kier molecular flexibility index (Phi) is 7.67. The standard InChI is InChI=1S/C11H26OSi/c1-11(2,3)12-9-7-5-4-6-8-10-13/h4-10H2,1-3,13H3. The van der Waals surface area contributed by atoms with Crippen molar-refractivity contribution >= 4 is 10.2 Å². The molecule has 13 heavy (non-hydrogen) atoms. The SMILES string of the molecule is CC(C)(C)OCCCCCCC[SiH3]. The lowest BCUT2D eigenvalue weighted by Crippen LogP contribution is -2.19. The van der Waals surface area contributed by atoms with E-state index in [2.05, 4.69) is 20.8 Å². The Hall–Kier alpha value is 0.177. The van der Waals surface area contributed by atoms with E-state index in [0.29, 0.717) is 0 Å². The fourth-order valence-corrected chi connectivity index (χ4v) is 1.76. The van der Waals surface area contributed by atoms with E-state index in [1.807, 2.05) is 0 Å². The Bertz CT molecular complexity index is 107. The molecule has 0 N–H and O–H groups in total. The maximum atomic E-state index is 5.64. The van der Waals surface area contributed by atoms with Crippen LogP contribution in [0.25, 0.3) is 0 Å². The monoisotopic (exact) mass is 202 g/mol. The topological polar surface area (TPSA) is 9.23 Å². The molecule has 2 heteroatoms. The third kappa shape index (κ3) is 12.2. The van der Waals surface area contributed by atoms with Gasteiger partial charge in [0.25, 0.3) is 0 Å². The zero-order chi connectivity index (χ0) is 10.2. The average Bonchev–Trinajstić information content (AvgIpc) is 2.01. The lowest BCUT2D eigenvalue weighted by molar-refractivity contribution is -0.00474. The van der Waals surface area contributed by atoms with Crippen LogP contribution in [0.4, 0.5) is 0 Å². The van der Waals surface area contributed by atoms with Crippen molar-refractivity contribution in [2.24, 2.45) is 0 Å². The highest BCUT2D eigenvalue weighted by molar-refractivity contribution is 6.08. The van der Waals surface area contributed by atoms with Gasteiger partial charge in [-0.1, -0.05) is 31.7 Å². The van der Waals surface area contributed by atoms with E-state index in [-0.39, 0.29) is 5.60 Å². The highest BCUT2D eigenvalue weighted by atomic mass is 28.1. The van der Waals surface area contributed by atoms with E-state index in [4.69, 9.17) is 4.74 Å². The van der Waals surface area contributed by atoms with Gasteiger partial charge in [0.05, 0.1) is 5.60 Å². The number of hydrogen-bond acceptors (Lipinski definition) is 1. The largest absolute Gasteiger partial charge is 0.376 e. The summed E-state index contributed by atoms with van der Waals surface area (Å²) in [6, 6.07) is 1.47. The molecule has 80 valence electrons. The molecule has 0 radical (unpaired) electrons. The van der Waals surface area contributed by atoms with E-state index < -0.39 is 0 Å². The summed E-state index contributed by atoms with van der Waals surface area (Å²) in [6.45, 7) is 7.29. The van der Waals surface area contributed by atoms with Crippen LogP contribution in [0.2, 0.25) is 6.04 Å². The van der Waals surface area contributed by atoms with Crippen LogP contribution in [0.1, 0.15) is 52.9 Å². The van der Waals surface area contributed by atoms with Crippen molar-refractivity contribution in [2.45, 2.75) is 64.5 Å². The van der Waals surface area contributed by atoms with Gasteiger partial charge in [-0.2, -0.15) is 0 Å². The predicted molar refractivity (Wildman–Crippen MR) is 63.5 cm³/mol. The molecule has 0 rings (SSSR count). The molecule has 0 saturated heterocycles. The van der Waals surface area contributed by atoms with E-state index in [0.717, 1.165) is 6.61 Å². The van der Waals surface area contributed by atoms with Crippen LogP contribution < -0.4 is 0 Å². The second-order valence-corrected chi connectivity index (χ2v) is 5.73. The van der Waals surface area contributed by atoms with Gasteiger partial charge >= 0.3 is 0 Å². The second kappa shape index (κ2) is 7.57. The maximum absolute atomic E-state index is 5.64. The first-order valence-corrected chi connectivity index (χ1v) is 7.11. The fraction of sp³-hybridized carbons (Fsp3) is 1.00. The van der Waals surface area contributed by atoms with Crippen LogP contribution >= 0.6 is 0 Å². The van der Waals surface area contributed by atoms with Crippen LogP contribution in [-0.4, -0.2) is 22.5 Å². The minimum Gasteiger partial charge on any atom is -0.376 e. The zero-order valence-corrected chi connectivity index (χ0v) is 11.9. The van der Waals surface area contributed by atoms with E-state index in [1.165, 1.54) is 48.4 Å². The fourth-order valence-electron chi connectivity index (χ4n) is 1.26. The molecule has 0 aromatic rings. The molecule has 0 spiro atoms. The quantitative estimate of drug-likeness (QED) is 0.455. The molecule has 0 fully saturated rings. The van der Waals surface area contributed by atoms with Crippen molar-refractivity contribution in [1.29, 1.82) is 0 Å². The predicted octanol–water partition coefficient (Wildman–Crippen LogP) is 2.54. The minimum atomic E-state index is 0.0506. The summed E-state index contributed by atoms with van der Waals surface area (Å²) < 4.78 is 5.64. The van der Waals surface area contributed by atoms with Gasteiger partial charge in [-0.05, 0) is 27.2 Å². The highest BCUT2D eigenvalue weighted by Crippen LogP contribution is 2.09. The first-order valence-electron chi connectivity index (χ1n) is 5.70. The van der Waals surface area contributed by atoms with Gasteiger partial charge in [-0.25, -0.2) is 0 Å². The molecule has 0 aliphatic heterocycles. The van der Waals surface area contributed by atoms with Gasteiger partial charge in [0.15, 0.2) is 0 Å². The smallest absolute Gasteiger partial charge is 0.0598 e. The lowest BCUT2D eigenvalue weighted by Gasteiger charge is -2.19. The van der Waals surface area contributed by atoms with Crippen LogP contribution in [-0.2, 0) is 4.74 Å². The zero-order valence-electron chi connectivity index (χ0n) is 9.86. The van der Waals surface area contributed by atoms with Gasteiger partial charge < -0.3 is 4.74 Å². The van der Waals surface area contributed by atoms with Crippen molar-refractivity contribution in [2.75, 3.05) is 6.61 Å². The second-order valence-electron chi connectivity index (χ2n) is 4.73. The molecule has 0 heterocycles. The highest BCUT2D eigenvalue weighted by Gasteiger charge is 2.08. The molecule has 0 aromatic heterocycles. The summed E-state index contributed by atoms with van der Waals surface area (Å²) in [6.07, 6.45) is 6.86. The Morgan fingerprint density at radius 2 is 1.46 bits per heavy atom. The third-order valence-corrected chi connectivity index (χ3v) is 2.74. The van der Waals surface area contributed by atoms with Crippen LogP contribution in [0.15, 0.2) is 0 Å². The van der Waals surface area contributed by atoms with E-state index in [1.54, 1.807) is 0 Å². The van der Waals surface area contributed by atoms with Crippen molar-refractivity contribution in [3.05, 3.63) is 0 Å². The molecule has 0 aliphatic rings. The summed E-state index contributed by atoms with van der Waals surface area (Å²) in [5.74, 6) is 0. The van der Waals surface area contributed by atoms with E-state index >= 15 is 0 Å². The molecule has 1 nitrogen and oxygen atoms in total. The average molecular weight is 202 g/mol. The Morgan fingerprint density at radius 1 is 0.923 bits per heavy atom. The lowest BCUT2D eigenvalue weighted by atomic mass is 10.1. The van der Waals surface area contributed by atoms with Crippen LogP contribution in [0.3, 0.4) is 0 Å². The van der Waals surface area contributed by atoms with Gasteiger partial charge in [0.1, 0.15) is 0 Å². The van der Waals surface area contributed by atoms with Gasteiger partial charge in [0, 0.05) is 16.8 Å². The third-order valence-electron chi connectivity index (χ3n) is 2.03. The molecule has 0 aromatic carbocycles. The summed E-state index contributed by atoms with van der Waals surface area (Å²) in [5.41, 5.74) is 0.0506. The number of unbranched alkanes of at least 4 members (excludes halogenated alkanes) is 4. The molecule has 0 amide bonds. The van der Waals surface area contributed by atoms with Crippen LogP contribution in [0, 0.1) is 0 Å². The number of ether oxygens (including phenoxy) is 1. The van der Waals surface area contributed by atoms with Crippen molar-refractivity contribution < 1.29 is 4.74 Å². The molecule has 0 aliphatic carbocycles. The van der Waals surface area contributed by atoms with Gasteiger partial charge in [-0.15, -0.1) is 0 Å². The summed E-state index contributed by atoms with van der Waals surface area (Å²) >= 11 is 0. The molecule has 0 bridgehead atoms. The summed E-state index contributed by atoms with van der Waals surface area (Å²) in [5, 5.41) is 0. The number of rotatable bonds is 7. The van der Waals surface area contributed by atoms with Gasteiger partial charge in [-0.3, -0.25) is 0 Å². The Labute approximate surface area is 86.7 Å². The summed E-state index contributed by atoms with van der Waals surface area (Å²) in [7, 11) is 1.38. The van der Waals surface area contributed by atoms with Crippen molar-refractivity contribution in [1.82, 2.24) is 0 Å². The Morgan fingerprint density at radius 3 is 2.00 bits per heavy atom. The first-order chi connectivity index (χ1) is 6.06. The minimum absolute atomic E-state index is 0.0506. The summed E-state index contributed by atoms with van der Waals surface area (Å²) in [4.78, 5) is 0. The number of hydrogen-bond donors (Lipinski definition) is 0.